The van der Waals surface area contributed by atoms with E-state index in [9.17, 15) is 0 Å². The Morgan fingerprint density at radius 3 is 1.69 bits per heavy atom. The lowest BCUT2D eigenvalue weighted by atomic mass is 9.63. The Morgan fingerprint density at radius 1 is 0.385 bits per heavy atom. The zero-order valence-corrected chi connectivity index (χ0v) is 37.5. The van der Waals surface area contributed by atoms with E-state index in [4.69, 9.17) is 4.42 Å². The van der Waals surface area contributed by atoms with Gasteiger partial charge in [-0.15, -0.1) is 0 Å². The molecular formula is C63H51NO. The van der Waals surface area contributed by atoms with Crippen molar-refractivity contribution in [1.82, 2.24) is 0 Å². The highest BCUT2D eigenvalue weighted by atomic mass is 16.3. The van der Waals surface area contributed by atoms with E-state index in [1.807, 2.05) is 0 Å². The topological polar surface area (TPSA) is 16.4 Å². The molecule has 12 rings (SSSR count). The second kappa shape index (κ2) is 14.8. The fourth-order valence-corrected chi connectivity index (χ4v) is 11.4. The lowest BCUT2D eigenvalue weighted by Crippen LogP contribution is -2.33. The van der Waals surface area contributed by atoms with Crippen molar-refractivity contribution in [2.45, 2.75) is 56.8 Å². The molecule has 2 nitrogen and oxygen atoms in total. The van der Waals surface area contributed by atoms with Crippen LogP contribution in [0.3, 0.4) is 0 Å². The second-order valence-corrected chi connectivity index (χ2v) is 19.5. The third kappa shape index (κ3) is 6.07. The van der Waals surface area contributed by atoms with E-state index in [2.05, 4.69) is 245 Å². The maximum absolute atomic E-state index is 6.95. The molecule has 314 valence electrons. The number of nitrogens with zero attached hydrogens (tertiary/aromatic N) is 1. The summed E-state index contributed by atoms with van der Waals surface area (Å²) in [5, 5.41) is 2.21. The van der Waals surface area contributed by atoms with E-state index in [0.29, 0.717) is 0 Å². The van der Waals surface area contributed by atoms with E-state index < -0.39 is 5.41 Å². The summed E-state index contributed by atoms with van der Waals surface area (Å²) in [5.74, 6) is 0. The first kappa shape index (κ1) is 39.2. The third-order valence-electron chi connectivity index (χ3n) is 14.8. The van der Waals surface area contributed by atoms with Crippen molar-refractivity contribution >= 4 is 39.0 Å². The van der Waals surface area contributed by atoms with Crippen LogP contribution >= 0.6 is 0 Å². The average Bonchev–Trinajstić information content (AvgIpc) is 3.88. The van der Waals surface area contributed by atoms with Crippen LogP contribution in [0.25, 0.3) is 55.3 Å². The van der Waals surface area contributed by atoms with Crippen molar-refractivity contribution in [3.05, 3.63) is 246 Å². The van der Waals surface area contributed by atoms with E-state index in [0.717, 1.165) is 45.4 Å². The van der Waals surface area contributed by atoms with Crippen LogP contribution in [0.2, 0.25) is 0 Å². The zero-order chi connectivity index (χ0) is 43.9. The predicted molar refractivity (Wildman–Crippen MR) is 272 cm³/mol. The lowest BCUT2D eigenvalue weighted by molar-refractivity contribution is 0.332. The maximum atomic E-state index is 6.95. The van der Waals surface area contributed by atoms with Crippen LogP contribution in [0.15, 0.2) is 217 Å². The molecule has 0 atom stereocenters. The fourth-order valence-electron chi connectivity index (χ4n) is 11.4. The van der Waals surface area contributed by atoms with Gasteiger partial charge in [0.2, 0.25) is 0 Å². The Balaban J connectivity index is 1.22. The normalized spacial score (nSPS) is 15.3. The monoisotopic (exact) mass is 837 g/mol. The molecule has 1 aromatic heterocycles. The van der Waals surface area contributed by atoms with Crippen LogP contribution < -0.4 is 4.90 Å². The SMILES string of the molecule is CC1(C)CCC(C)(C)c2cc(-c3cc4c(cc3N(c3ccc(-c5ccccc5)cc3)c3cccc5c3oc3ccccc35)C(c3ccccc3)(c3ccccc3)c3ccccc3-4)ccc21. The van der Waals surface area contributed by atoms with Gasteiger partial charge in [0.15, 0.2) is 5.58 Å². The van der Waals surface area contributed by atoms with E-state index in [1.165, 1.54) is 73.2 Å². The van der Waals surface area contributed by atoms with Gasteiger partial charge in [0, 0.05) is 22.0 Å². The first-order chi connectivity index (χ1) is 31.7. The summed E-state index contributed by atoms with van der Waals surface area (Å²) >= 11 is 0. The maximum Gasteiger partial charge on any atom is 0.159 e. The number of benzene rings is 9. The van der Waals surface area contributed by atoms with Crippen molar-refractivity contribution in [3.8, 4) is 33.4 Å². The first-order valence-electron chi connectivity index (χ1n) is 23.1. The minimum Gasteiger partial charge on any atom is -0.454 e. The Bertz CT molecular complexity index is 3370. The molecule has 1 heterocycles. The van der Waals surface area contributed by atoms with Crippen LogP contribution in [-0.4, -0.2) is 0 Å². The summed E-state index contributed by atoms with van der Waals surface area (Å²) in [4.78, 5) is 2.48. The van der Waals surface area contributed by atoms with Crippen LogP contribution in [0.1, 0.15) is 73.9 Å². The Kier molecular flexibility index (Phi) is 8.94. The largest absolute Gasteiger partial charge is 0.454 e. The smallest absolute Gasteiger partial charge is 0.159 e. The molecule has 0 bridgehead atoms. The van der Waals surface area contributed by atoms with Gasteiger partial charge in [-0.05, 0) is 121 Å². The number of hydrogen-bond acceptors (Lipinski definition) is 2. The molecule has 0 saturated carbocycles. The Morgan fingerprint density at radius 2 is 0.969 bits per heavy atom. The summed E-state index contributed by atoms with van der Waals surface area (Å²) in [6.45, 7) is 9.70. The number of anilines is 3. The van der Waals surface area contributed by atoms with Gasteiger partial charge in [-0.25, -0.2) is 0 Å². The second-order valence-electron chi connectivity index (χ2n) is 19.5. The summed E-state index contributed by atoms with van der Waals surface area (Å²) in [6, 6.07) is 78.6. The molecule has 10 aromatic rings. The van der Waals surface area contributed by atoms with Crippen molar-refractivity contribution in [3.63, 3.8) is 0 Å². The average molecular weight is 838 g/mol. The van der Waals surface area contributed by atoms with Crippen molar-refractivity contribution in [2.24, 2.45) is 0 Å². The summed E-state index contributed by atoms with van der Waals surface area (Å²) in [5.41, 5.74) is 19.6. The summed E-state index contributed by atoms with van der Waals surface area (Å²) in [7, 11) is 0. The van der Waals surface area contributed by atoms with Gasteiger partial charge in [0.1, 0.15) is 5.58 Å². The van der Waals surface area contributed by atoms with E-state index in [-0.39, 0.29) is 10.8 Å². The Hall–Kier alpha value is -7.42. The molecule has 0 radical (unpaired) electrons. The highest BCUT2D eigenvalue weighted by Gasteiger charge is 2.47. The molecule has 2 aliphatic carbocycles. The van der Waals surface area contributed by atoms with Gasteiger partial charge in [0.05, 0.1) is 16.8 Å². The predicted octanol–water partition coefficient (Wildman–Crippen LogP) is 17.1. The molecule has 0 aliphatic heterocycles. The van der Waals surface area contributed by atoms with Crippen molar-refractivity contribution < 1.29 is 4.42 Å². The van der Waals surface area contributed by atoms with Gasteiger partial charge in [0.25, 0.3) is 0 Å². The van der Waals surface area contributed by atoms with E-state index in [1.54, 1.807) is 0 Å². The third-order valence-corrected chi connectivity index (χ3v) is 14.8. The molecule has 0 saturated heterocycles. The van der Waals surface area contributed by atoms with Gasteiger partial charge in [-0.2, -0.15) is 0 Å². The number of hydrogen-bond donors (Lipinski definition) is 0. The van der Waals surface area contributed by atoms with Crippen molar-refractivity contribution in [1.29, 1.82) is 0 Å². The van der Waals surface area contributed by atoms with Gasteiger partial charge >= 0.3 is 0 Å². The quantitative estimate of drug-likeness (QED) is 0.159. The standard InChI is InChI=1S/C63H51NO/c1-61(2)37-38-62(3,4)56-39-44(33-36-54(56)61)51-40-52-48-25-14-16-28-53(48)63(45-21-10-6-11-22-45,46-23-12-7-13-24-46)55(52)41-58(51)64(47-34-31-43(32-35-47)42-19-8-5-9-20-42)57-29-18-27-50-49-26-15-17-30-59(49)65-60(50)57/h5-36,39-41H,37-38H2,1-4H3. The van der Waals surface area contributed by atoms with Gasteiger partial charge in [-0.1, -0.05) is 204 Å². The number of furan rings is 1. The first-order valence-corrected chi connectivity index (χ1v) is 23.1. The van der Waals surface area contributed by atoms with Crippen LogP contribution in [0.5, 0.6) is 0 Å². The molecule has 0 unspecified atom stereocenters. The molecule has 0 spiro atoms. The molecule has 65 heavy (non-hydrogen) atoms. The molecule has 9 aromatic carbocycles. The minimum absolute atomic E-state index is 0.0347. The molecular weight excluding hydrogens is 787 g/mol. The molecule has 2 aliphatic rings. The minimum atomic E-state index is -0.586. The molecule has 2 heteroatoms. The van der Waals surface area contributed by atoms with Gasteiger partial charge in [-0.3, -0.25) is 0 Å². The van der Waals surface area contributed by atoms with Crippen LogP contribution in [-0.2, 0) is 16.2 Å². The number of rotatable bonds is 7. The molecule has 0 N–H and O–H groups in total. The summed E-state index contributed by atoms with van der Waals surface area (Å²) in [6.07, 6.45) is 2.31. The molecule has 0 amide bonds. The van der Waals surface area contributed by atoms with Crippen LogP contribution in [0, 0.1) is 0 Å². The number of para-hydroxylation sites is 2. The lowest BCUT2D eigenvalue weighted by Gasteiger charge is -2.42. The number of fused-ring (bicyclic) bond motifs is 7. The van der Waals surface area contributed by atoms with E-state index >= 15 is 0 Å². The summed E-state index contributed by atoms with van der Waals surface area (Å²) < 4.78 is 6.95. The zero-order valence-electron chi connectivity index (χ0n) is 37.5. The van der Waals surface area contributed by atoms with Crippen LogP contribution in [0.4, 0.5) is 17.1 Å². The highest BCUT2D eigenvalue weighted by molar-refractivity contribution is 6.11. The van der Waals surface area contributed by atoms with Gasteiger partial charge < -0.3 is 9.32 Å². The van der Waals surface area contributed by atoms with Crippen molar-refractivity contribution in [2.75, 3.05) is 4.90 Å². The molecule has 0 fully saturated rings. The Labute approximate surface area is 382 Å². The highest BCUT2D eigenvalue weighted by Crippen LogP contribution is 2.59. The fraction of sp³-hybridized carbons (Fsp3) is 0.143.